The van der Waals surface area contributed by atoms with Gasteiger partial charge in [-0.1, -0.05) is 51.4 Å². The Morgan fingerprint density at radius 1 is 0.941 bits per heavy atom. The van der Waals surface area contributed by atoms with E-state index in [1.165, 1.54) is 0 Å². The van der Waals surface area contributed by atoms with Crippen molar-refractivity contribution in [1.29, 1.82) is 5.41 Å². The molecule has 196 valence electrons. The van der Waals surface area contributed by atoms with Gasteiger partial charge in [0, 0.05) is 26.6 Å². The molecule has 0 saturated heterocycles. The number of nitrogens with zero attached hydrogens (tertiary/aromatic N) is 1. The lowest BCUT2D eigenvalue weighted by atomic mass is 10.2. The number of benzene rings is 2. The molecule has 13 heteroatoms. The number of hydrogen-bond donors (Lipinski definition) is 7. The van der Waals surface area contributed by atoms with E-state index in [2.05, 4.69) is 47.8 Å². The van der Waals surface area contributed by atoms with E-state index in [1.54, 1.807) is 0 Å². The highest BCUT2D eigenvalue weighted by atomic mass is 79.9. The van der Waals surface area contributed by atoms with Crippen LogP contribution in [-0.4, -0.2) is 54.9 Å². The van der Waals surface area contributed by atoms with Gasteiger partial charge in [0.15, 0.2) is 5.84 Å². The van der Waals surface area contributed by atoms with Crippen LogP contribution in [0.4, 0.5) is 0 Å². The zero-order chi connectivity index (χ0) is 23.5. The first-order valence-electron chi connectivity index (χ1n) is 9.33. The number of aliphatic hydroxyl groups is 2. The van der Waals surface area contributed by atoms with Gasteiger partial charge in [-0.05, 0) is 43.3 Å². The number of hydrazine groups is 1. The van der Waals surface area contributed by atoms with E-state index >= 15 is 0 Å². The van der Waals surface area contributed by atoms with Crippen LogP contribution in [0.2, 0.25) is 0 Å². The first-order valence-corrected chi connectivity index (χ1v) is 10.9. The van der Waals surface area contributed by atoms with Gasteiger partial charge in [-0.3, -0.25) is 16.7 Å². The van der Waals surface area contributed by atoms with Crippen LogP contribution in [0.1, 0.15) is 25.5 Å². The smallest absolute Gasteiger partial charge is 0.213 e. The molecule has 0 spiro atoms. The first-order chi connectivity index (χ1) is 14.9. The molecule has 2 rings (SSSR count). The minimum Gasteiger partial charge on any atom is -0.478 e. The number of rotatable bonds is 8. The van der Waals surface area contributed by atoms with Crippen molar-refractivity contribution < 1.29 is 14.9 Å². The lowest BCUT2D eigenvalue weighted by Crippen LogP contribution is -2.24. The van der Waals surface area contributed by atoms with Crippen LogP contribution in [-0.2, 0) is 4.74 Å². The number of hydrazone groups is 1. The fourth-order valence-corrected chi connectivity index (χ4v) is 2.30. The van der Waals surface area contributed by atoms with E-state index in [4.69, 9.17) is 31.9 Å². The molecule has 0 aliphatic carbocycles. The molecule has 34 heavy (non-hydrogen) atoms. The van der Waals surface area contributed by atoms with E-state index in [0.29, 0.717) is 25.5 Å². The van der Waals surface area contributed by atoms with Crippen molar-refractivity contribution in [2.24, 2.45) is 16.7 Å². The summed E-state index contributed by atoms with van der Waals surface area (Å²) in [7, 11) is 0. The molecule has 9 N–H and O–H groups in total. The molecule has 2 aromatic rings. The first kappa shape index (κ1) is 39.8. The van der Waals surface area contributed by atoms with Crippen molar-refractivity contribution in [2.75, 3.05) is 32.9 Å². The van der Waals surface area contributed by atoms with Crippen LogP contribution in [0, 0.1) is 5.41 Å². The average Bonchev–Trinajstić information content (AvgIpc) is 2.76. The van der Waals surface area contributed by atoms with Gasteiger partial charge in [0.2, 0.25) is 5.90 Å². The highest BCUT2D eigenvalue weighted by molar-refractivity contribution is 9.10. The van der Waals surface area contributed by atoms with E-state index in [0.717, 1.165) is 20.1 Å². The highest BCUT2D eigenvalue weighted by Crippen LogP contribution is 2.11. The Kier molecular flexibility index (Phi) is 30.6. The lowest BCUT2D eigenvalue weighted by molar-refractivity contribution is 0.293. The van der Waals surface area contributed by atoms with E-state index < -0.39 is 0 Å². The number of amidine groups is 1. The molecule has 0 aromatic heterocycles. The van der Waals surface area contributed by atoms with Crippen LogP contribution >= 0.6 is 56.7 Å². The van der Waals surface area contributed by atoms with Gasteiger partial charge in [-0.25, -0.2) is 0 Å². The number of aliphatic hydroxyl groups excluding tert-OH is 2. The van der Waals surface area contributed by atoms with Crippen molar-refractivity contribution in [2.45, 2.75) is 14.4 Å². The zero-order valence-corrected chi connectivity index (χ0v) is 22.9. The third-order valence-corrected chi connectivity index (χ3v) is 4.27. The van der Waals surface area contributed by atoms with Gasteiger partial charge < -0.3 is 26.1 Å². The molecule has 0 aliphatic rings. The normalized spacial score (nSPS) is 9.29. The van der Waals surface area contributed by atoms with Crippen molar-refractivity contribution in [3.05, 3.63) is 68.6 Å². The molecule has 0 heterocycles. The topological polar surface area (TPSA) is 162 Å². The Morgan fingerprint density at radius 2 is 1.38 bits per heavy atom. The predicted molar refractivity (Wildman–Crippen MR) is 153 cm³/mol. The standard InChI is InChI=1S/C9H12BrN3O.C9H10BrNO.C2H8N2O.CH4.2ClH/c10-8-3-1-7(2-4-8)9(11)13-12-5-6-14;1-2-12-9(11)7-3-5-8(10)6-4-7;3-4-1-2-5;;;/h1-4,12,14H,5-6H2,(H2,11,13);3-6,11H,2H2,1H3;4-5H,1-3H2;1H4;2*1H. The summed E-state index contributed by atoms with van der Waals surface area (Å²) in [4.78, 5) is 0. The minimum absolute atomic E-state index is 0. The fraction of sp³-hybridized carbons (Fsp3) is 0.333. The van der Waals surface area contributed by atoms with Gasteiger partial charge in [-0.15, -0.1) is 24.8 Å². The molecule has 0 unspecified atom stereocenters. The third kappa shape index (κ3) is 20.0. The zero-order valence-electron chi connectivity index (χ0n) is 18.1. The molecule has 0 atom stereocenters. The summed E-state index contributed by atoms with van der Waals surface area (Å²) in [6.45, 7) is 3.42. The maximum atomic E-state index is 8.51. The van der Waals surface area contributed by atoms with Gasteiger partial charge in [-0.2, -0.15) is 5.10 Å². The molecule has 0 saturated carbocycles. The lowest BCUT2D eigenvalue weighted by Gasteiger charge is -2.03. The largest absolute Gasteiger partial charge is 0.478 e. The third-order valence-electron chi connectivity index (χ3n) is 3.21. The maximum absolute atomic E-state index is 8.51. The predicted octanol–water partition coefficient (Wildman–Crippen LogP) is 3.38. The van der Waals surface area contributed by atoms with Crippen molar-refractivity contribution in [3.63, 3.8) is 0 Å². The van der Waals surface area contributed by atoms with Crippen LogP contribution in [0.5, 0.6) is 0 Å². The Labute approximate surface area is 231 Å². The second kappa shape index (κ2) is 26.2. The highest BCUT2D eigenvalue weighted by Gasteiger charge is 1.99. The molecule has 0 amide bonds. The Balaban J connectivity index is -0.000000208. The van der Waals surface area contributed by atoms with Crippen LogP contribution in [0.15, 0.2) is 62.6 Å². The number of hydrogen-bond acceptors (Lipinski definition) is 8. The SMILES string of the molecule is C.CCOC(=N)c1ccc(Br)cc1.Cl.Cl.NC(=NNCCO)c1ccc(Br)cc1.NNCCO. The second-order valence-electron chi connectivity index (χ2n) is 5.58. The summed E-state index contributed by atoms with van der Waals surface area (Å²) in [5.74, 6) is 5.36. The Hall–Kier alpha value is -1.44. The van der Waals surface area contributed by atoms with Crippen molar-refractivity contribution in [1.82, 2.24) is 10.9 Å². The number of nitrogens with two attached hydrogens (primary N) is 2. The Bertz CT molecular complexity index is 768. The summed E-state index contributed by atoms with van der Waals surface area (Å²) >= 11 is 6.65. The molecule has 0 fully saturated rings. The van der Waals surface area contributed by atoms with Crippen LogP contribution in [0.25, 0.3) is 0 Å². The number of ether oxygens (including phenoxy) is 1. The summed E-state index contributed by atoms with van der Waals surface area (Å²) in [5, 5.41) is 27.8. The quantitative estimate of drug-likeness (QED) is 0.0757. The average molecular weight is 651 g/mol. The summed E-state index contributed by atoms with van der Waals surface area (Å²) < 4.78 is 7.04. The number of nitrogens with one attached hydrogen (secondary N) is 3. The van der Waals surface area contributed by atoms with E-state index in [-0.39, 0.29) is 51.4 Å². The monoisotopic (exact) mass is 648 g/mol. The molecule has 0 bridgehead atoms. The van der Waals surface area contributed by atoms with Crippen molar-refractivity contribution in [3.8, 4) is 0 Å². The molecule has 9 nitrogen and oxygen atoms in total. The van der Waals surface area contributed by atoms with Crippen LogP contribution < -0.4 is 22.4 Å². The minimum atomic E-state index is 0. The number of halogens is 4. The fourth-order valence-electron chi connectivity index (χ4n) is 1.77. The van der Waals surface area contributed by atoms with E-state index in [1.807, 2.05) is 55.5 Å². The summed E-state index contributed by atoms with van der Waals surface area (Å²) in [6.07, 6.45) is 0. The van der Waals surface area contributed by atoms with Crippen LogP contribution in [0.3, 0.4) is 0 Å². The van der Waals surface area contributed by atoms with Gasteiger partial charge in [0.25, 0.3) is 0 Å². The molecule has 2 aromatic carbocycles. The molecular weight excluding hydrogens is 615 g/mol. The Morgan fingerprint density at radius 3 is 1.74 bits per heavy atom. The molecular formula is C21H36Br2Cl2N6O3. The van der Waals surface area contributed by atoms with E-state index in [9.17, 15) is 0 Å². The molecule has 0 radical (unpaired) electrons. The summed E-state index contributed by atoms with van der Waals surface area (Å²) in [6, 6.07) is 15.0. The van der Waals surface area contributed by atoms with Gasteiger partial charge in [0.1, 0.15) is 0 Å². The van der Waals surface area contributed by atoms with Crippen molar-refractivity contribution >= 4 is 68.4 Å². The summed E-state index contributed by atoms with van der Waals surface area (Å²) in [5.41, 5.74) is 12.2. The van der Waals surface area contributed by atoms with Gasteiger partial charge >= 0.3 is 0 Å². The molecule has 0 aliphatic heterocycles. The van der Waals surface area contributed by atoms with Gasteiger partial charge in [0.05, 0.1) is 26.4 Å². The maximum Gasteiger partial charge on any atom is 0.213 e. The second-order valence-corrected chi connectivity index (χ2v) is 7.41.